The van der Waals surface area contributed by atoms with Crippen LogP contribution in [0, 0.1) is 5.82 Å². The van der Waals surface area contributed by atoms with Crippen molar-refractivity contribution in [2.75, 3.05) is 5.32 Å². The minimum atomic E-state index is -1.17. The SMILES string of the molecule is O=C(O)c1cc(F)ccc1NCc1ccc(Cl)s1. The predicted molar refractivity (Wildman–Crippen MR) is 70.0 cm³/mol. The number of aromatic carboxylic acids is 1. The summed E-state index contributed by atoms with van der Waals surface area (Å²) >= 11 is 7.20. The maximum Gasteiger partial charge on any atom is 0.337 e. The fraction of sp³-hybridized carbons (Fsp3) is 0.0833. The fourth-order valence-corrected chi connectivity index (χ4v) is 2.50. The van der Waals surface area contributed by atoms with Gasteiger partial charge < -0.3 is 10.4 Å². The Bertz CT molecular complexity index is 585. The van der Waals surface area contributed by atoms with Crippen molar-refractivity contribution in [3.63, 3.8) is 0 Å². The summed E-state index contributed by atoms with van der Waals surface area (Å²) in [6, 6.07) is 7.24. The molecular formula is C12H9ClFNO2S. The first-order valence-corrected chi connectivity index (χ1v) is 6.26. The van der Waals surface area contributed by atoms with Gasteiger partial charge in [0.1, 0.15) is 5.82 Å². The average Bonchev–Trinajstić information content (AvgIpc) is 2.73. The molecule has 0 saturated heterocycles. The summed E-state index contributed by atoms with van der Waals surface area (Å²) in [5.74, 6) is -1.74. The Labute approximate surface area is 112 Å². The molecule has 0 aliphatic rings. The van der Waals surface area contributed by atoms with Gasteiger partial charge in [0.05, 0.1) is 9.90 Å². The van der Waals surface area contributed by atoms with Gasteiger partial charge in [-0.25, -0.2) is 9.18 Å². The number of hydrogen-bond acceptors (Lipinski definition) is 3. The molecule has 0 aliphatic carbocycles. The second-order valence-corrected chi connectivity index (χ2v) is 5.35. The molecule has 18 heavy (non-hydrogen) atoms. The third-order valence-electron chi connectivity index (χ3n) is 2.29. The molecular weight excluding hydrogens is 277 g/mol. The monoisotopic (exact) mass is 285 g/mol. The van der Waals surface area contributed by atoms with Gasteiger partial charge in [0.25, 0.3) is 0 Å². The number of anilines is 1. The van der Waals surface area contributed by atoms with E-state index in [0.717, 1.165) is 10.9 Å². The molecule has 0 radical (unpaired) electrons. The first-order chi connectivity index (χ1) is 8.56. The number of carboxylic acids is 1. The molecule has 0 atom stereocenters. The van der Waals surface area contributed by atoms with E-state index < -0.39 is 11.8 Å². The number of carboxylic acid groups (broad SMARTS) is 1. The van der Waals surface area contributed by atoms with Crippen LogP contribution in [0.1, 0.15) is 15.2 Å². The number of benzene rings is 1. The van der Waals surface area contributed by atoms with Crippen LogP contribution in [0.2, 0.25) is 4.34 Å². The second kappa shape index (κ2) is 5.37. The van der Waals surface area contributed by atoms with E-state index in [4.69, 9.17) is 16.7 Å². The van der Waals surface area contributed by atoms with Crippen LogP contribution in [0.25, 0.3) is 0 Å². The number of carbonyl (C=O) groups is 1. The lowest BCUT2D eigenvalue weighted by Gasteiger charge is -2.08. The Morgan fingerprint density at radius 2 is 2.17 bits per heavy atom. The maximum atomic E-state index is 13.0. The Morgan fingerprint density at radius 3 is 2.78 bits per heavy atom. The lowest BCUT2D eigenvalue weighted by Crippen LogP contribution is -2.06. The number of thiophene rings is 1. The van der Waals surface area contributed by atoms with E-state index in [1.807, 2.05) is 6.07 Å². The van der Waals surface area contributed by atoms with Crippen molar-refractivity contribution in [1.82, 2.24) is 0 Å². The molecule has 1 heterocycles. The van der Waals surface area contributed by atoms with Gasteiger partial charge >= 0.3 is 5.97 Å². The number of halogens is 2. The van der Waals surface area contributed by atoms with Gasteiger partial charge in [0.15, 0.2) is 0 Å². The number of rotatable bonds is 4. The molecule has 0 aliphatic heterocycles. The molecule has 3 nitrogen and oxygen atoms in total. The topological polar surface area (TPSA) is 49.3 Å². The standard InChI is InChI=1S/C12H9ClFNO2S/c13-11-4-2-8(18-11)6-15-10-3-1-7(14)5-9(10)12(16)17/h1-5,15H,6H2,(H,16,17). The molecule has 2 rings (SSSR count). The minimum absolute atomic E-state index is 0.0855. The van der Waals surface area contributed by atoms with Crippen LogP contribution in [0.5, 0.6) is 0 Å². The van der Waals surface area contributed by atoms with Gasteiger partial charge in [-0.15, -0.1) is 11.3 Å². The Hall–Kier alpha value is -1.59. The molecule has 1 aromatic heterocycles. The Morgan fingerprint density at radius 1 is 1.39 bits per heavy atom. The molecule has 0 bridgehead atoms. The van der Waals surface area contributed by atoms with E-state index in [0.29, 0.717) is 16.6 Å². The molecule has 6 heteroatoms. The van der Waals surface area contributed by atoms with E-state index >= 15 is 0 Å². The largest absolute Gasteiger partial charge is 0.478 e. The van der Waals surface area contributed by atoms with E-state index in [-0.39, 0.29) is 5.56 Å². The molecule has 94 valence electrons. The van der Waals surface area contributed by atoms with Crippen molar-refractivity contribution < 1.29 is 14.3 Å². The van der Waals surface area contributed by atoms with Crippen molar-refractivity contribution in [1.29, 1.82) is 0 Å². The van der Waals surface area contributed by atoms with E-state index in [1.54, 1.807) is 6.07 Å². The highest BCUT2D eigenvalue weighted by Crippen LogP contribution is 2.23. The summed E-state index contributed by atoms with van der Waals surface area (Å²) in [4.78, 5) is 11.9. The van der Waals surface area contributed by atoms with Crippen LogP contribution in [0.3, 0.4) is 0 Å². The molecule has 2 N–H and O–H groups in total. The average molecular weight is 286 g/mol. The first-order valence-electron chi connectivity index (χ1n) is 5.07. The third-order valence-corrected chi connectivity index (χ3v) is 3.53. The zero-order valence-electron chi connectivity index (χ0n) is 9.11. The zero-order chi connectivity index (χ0) is 13.1. The van der Waals surface area contributed by atoms with Crippen LogP contribution < -0.4 is 5.32 Å². The van der Waals surface area contributed by atoms with Gasteiger partial charge in [-0.2, -0.15) is 0 Å². The molecule has 0 amide bonds. The van der Waals surface area contributed by atoms with Crippen molar-refractivity contribution in [3.8, 4) is 0 Å². The first kappa shape index (κ1) is 12.9. The molecule has 0 unspecified atom stereocenters. The van der Waals surface area contributed by atoms with Gasteiger partial charge in [-0.05, 0) is 30.3 Å². The minimum Gasteiger partial charge on any atom is -0.478 e. The predicted octanol–water partition coefficient (Wildman–Crippen LogP) is 3.85. The van der Waals surface area contributed by atoms with Crippen LogP contribution in [0.15, 0.2) is 30.3 Å². The second-order valence-electron chi connectivity index (χ2n) is 3.55. The van der Waals surface area contributed by atoms with E-state index in [2.05, 4.69) is 5.32 Å². The maximum absolute atomic E-state index is 13.0. The van der Waals surface area contributed by atoms with Crippen molar-refractivity contribution in [2.24, 2.45) is 0 Å². The zero-order valence-corrected chi connectivity index (χ0v) is 10.7. The smallest absolute Gasteiger partial charge is 0.337 e. The number of nitrogens with one attached hydrogen (secondary N) is 1. The van der Waals surface area contributed by atoms with Gasteiger partial charge in [0, 0.05) is 17.1 Å². The van der Waals surface area contributed by atoms with Gasteiger partial charge in [-0.3, -0.25) is 0 Å². The Kier molecular flexibility index (Phi) is 3.84. The molecule has 1 aromatic carbocycles. The van der Waals surface area contributed by atoms with E-state index in [9.17, 15) is 9.18 Å². The Balaban J connectivity index is 2.16. The quantitative estimate of drug-likeness (QED) is 0.897. The van der Waals surface area contributed by atoms with Crippen molar-refractivity contribution >= 4 is 34.6 Å². The van der Waals surface area contributed by atoms with Crippen LogP contribution in [-0.4, -0.2) is 11.1 Å². The highest BCUT2D eigenvalue weighted by molar-refractivity contribution is 7.16. The lowest BCUT2D eigenvalue weighted by atomic mass is 10.1. The van der Waals surface area contributed by atoms with Crippen molar-refractivity contribution in [2.45, 2.75) is 6.54 Å². The summed E-state index contributed by atoms with van der Waals surface area (Å²) in [6.45, 7) is 0.448. The van der Waals surface area contributed by atoms with Crippen LogP contribution in [0.4, 0.5) is 10.1 Å². The normalized spacial score (nSPS) is 10.3. The van der Waals surface area contributed by atoms with E-state index in [1.165, 1.54) is 23.5 Å². The number of hydrogen-bond donors (Lipinski definition) is 2. The summed E-state index contributed by atoms with van der Waals surface area (Å²) in [5.41, 5.74) is 0.297. The fourth-order valence-electron chi connectivity index (χ4n) is 1.48. The van der Waals surface area contributed by atoms with Gasteiger partial charge in [-0.1, -0.05) is 11.6 Å². The summed E-state index contributed by atoms with van der Waals surface area (Å²) < 4.78 is 13.6. The third kappa shape index (κ3) is 3.00. The highest BCUT2D eigenvalue weighted by atomic mass is 35.5. The van der Waals surface area contributed by atoms with Crippen LogP contribution in [-0.2, 0) is 6.54 Å². The lowest BCUT2D eigenvalue weighted by molar-refractivity contribution is 0.0697. The highest BCUT2D eigenvalue weighted by Gasteiger charge is 2.11. The summed E-state index contributed by atoms with van der Waals surface area (Å²) in [7, 11) is 0. The summed E-state index contributed by atoms with van der Waals surface area (Å²) in [5, 5.41) is 11.9. The van der Waals surface area contributed by atoms with Gasteiger partial charge in [0.2, 0.25) is 0 Å². The molecule has 0 spiro atoms. The van der Waals surface area contributed by atoms with Crippen molar-refractivity contribution in [3.05, 3.63) is 50.9 Å². The molecule has 2 aromatic rings. The summed E-state index contributed by atoms with van der Waals surface area (Å²) in [6.07, 6.45) is 0. The molecule has 0 saturated carbocycles. The van der Waals surface area contributed by atoms with Crippen LogP contribution >= 0.6 is 22.9 Å². The molecule has 0 fully saturated rings.